The lowest BCUT2D eigenvalue weighted by atomic mass is 9.91. The summed E-state index contributed by atoms with van der Waals surface area (Å²) in [5.41, 5.74) is 0.0680. The highest BCUT2D eigenvalue weighted by atomic mass is 19.4. The summed E-state index contributed by atoms with van der Waals surface area (Å²) in [6, 6.07) is 4.34. The number of amides is 1. The lowest BCUT2D eigenvalue weighted by Gasteiger charge is -2.30. The maximum Gasteiger partial charge on any atom is 0.573 e. The van der Waals surface area contributed by atoms with Crippen LogP contribution in [-0.4, -0.2) is 36.7 Å². The lowest BCUT2D eigenvalue weighted by Crippen LogP contribution is -2.43. The van der Waals surface area contributed by atoms with Crippen molar-refractivity contribution in [3.63, 3.8) is 0 Å². The van der Waals surface area contributed by atoms with Gasteiger partial charge in [0.15, 0.2) is 0 Å². The van der Waals surface area contributed by atoms with Crippen molar-refractivity contribution < 1.29 is 32.2 Å². The number of hydrogen-bond donors (Lipinski definition) is 2. The molecule has 0 bridgehead atoms. The zero-order valence-electron chi connectivity index (χ0n) is 17.9. The predicted octanol–water partition coefficient (Wildman–Crippen LogP) is 4.91. The van der Waals surface area contributed by atoms with E-state index in [1.807, 2.05) is 27.7 Å². The molecule has 1 aromatic carbocycles. The molecule has 170 valence electrons. The van der Waals surface area contributed by atoms with Gasteiger partial charge in [-0.25, -0.2) is 4.79 Å². The van der Waals surface area contributed by atoms with Gasteiger partial charge in [0, 0.05) is 24.2 Å². The Morgan fingerprint density at radius 2 is 1.73 bits per heavy atom. The first-order chi connectivity index (χ1) is 13.9. The summed E-state index contributed by atoms with van der Waals surface area (Å²) in [7, 11) is 0. The summed E-state index contributed by atoms with van der Waals surface area (Å²) in [5.74, 6) is 0.257. The average Bonchev–Trinajstić information content (AvgIpc) is 2.60. The molecule has 1 aromatic rings. The highest BCUT2D eigenvalue weighted by molar-refractivity contribution is 5.68. The van der Waals surface area contributed by atoms with Crippen LogP contribution in [0, 0.1) is 0 Å². The molecule has 0 spiro atoms. The first kappa shape index (κ1) is 24.1. The van der Waals surface area contributed by atoms with Gasteiger partial charge in [-0.3, -0.25) is 0 Å². The molecule has 1 aliphatic carbocycles. The fraction of sp³-hybridized carbons (Fsp3) is 0.667. The molecule has 2 N–H and O–H groups in total. The van der Waals surface area contributed by atoms with E-state index < -0.39 is 18.1 Å². The van der Waals surface area contributed by atoms with E-state index in [-0.39, 0.29) is 17.8 Å². The number of benzene rings is 1. The predicted molar refractivity (Wildman–Crippen MR) is 107 cm³/mol. The standard InChI is InChI=1S/C21H31F3N2O4/c1-5-28-18-11-10-17(29-21(22,23)24)12-14(18)13-25-15-6-8-16(9-7-15)26-19(27)30-20(2,3)4/h10-12,15-16,25H,5-9,13H2,1-4H3,(H,26,27). The molecule has 9 heteroatoms. The van der Waals surface area contributed by atoms with Crippen LogP contribution in [0.15, 0.2) is 18.2 Å². The Kier molecular flexibility index (Phi) is 8.23. The van der Waals surface area contributed by atoms with E-state index in [1.54, 1.807) is 0 Å². The first-order valence-electron chi connectivity index (χ1n) is 10.2. The monoisotopic (exact) mass is 432 g/mol. The van der Waals surface area contributed by atoms with Gasteiger partial charge in [-0.2, -0.15) is 0 Å². The topological polar surface area (TPSA) is 68.8 Å². The Hall–Kier alpha value is -2.16. The molecule has 0 unspecified atom stereocenters. The summed E-state index contributed by atoms with van der Waals surface area (Å²) in [5, 5.41) is 6.27. The largest absolute Gasteiger partial charge is 0.573 e. The third-order valence-corrected chi connectivity index (χ3v) is 4.59. The number of ether oxygens (including phenoxy) is 3. The molecule has 1 aliphatic rings. The highest BCUT2D eigenvalue weighted by Crippen LogP contribution is 2.29. The van der Waals surface area contributed by atoms with E-state index in [2.05, 4.69) is 15.4 Å². The number of rotatable bonds is 7. The minimum absolute atomic E-state index is 0.0559. The maximum absolute atomic E-state index is 12.5. The zero-order valence-corrected chi connectivity index (χ0v) is 17.9. The van der Waals surface area contributed by atoms with E-state index in [9.17, 15) is 18.0 Å². The van der Waals surface area contributed by atoms with Crippen molar-refractivity contribution in [2.45, 2.75) is 84.0 Å². The van der Waals surface area contributed by atoms with Gasteiger partial charge in [0.1, 0.15) is 17.1 Å². The van der Waals surface area contributed by atoms with Crippen LogP contribution in [0.25, 0.3) is 0 Å². The van der Waals surface area contributed by atoms with Gasteiger partial charge >= 0.3 is 12.5 Å². The molecular weight excluding hydrogens is 401 g/mol. The van der Waals surface area contributed by atoms with Crippen LogP contribution in [0.2, 0.25) is 0 Å². The number of nitrogens with one attached hydrogen (secondary N) is 2. The molecule has 30 heavy (non-hydrogen) atoms. The van der Waals surface area contributed by atoms with Crippen LogP contribution < -0.4 is 20.1 Å². The Bertz CT molecular complexity index is 696. The van der Waals surface area contributed by atoms with Crippen LogP contribution in [-0.2, 0) is 11.3 Å². The molecule has 0 heterocycles. The van der Waals surface area contributed by atoms with Gasteiger partial charge in [-0.1, -0.05) is 0 Å². The molecular formula is C21H31F3N2O4. The van der Waals surface area contributed by atoms with Crippen LogP contribution >= 0.6 is 0 Å². The highest BCUT2D eigenvalue weighted by Gasteiger charge is 2.31. The normalized spacial score (nSPS) is 19.8. The van der Waals surface area contributed by atoms with Gasteiger partial charge in [-0.15, -0.1) is 13.2 Å². The summed E-state index contributed by atoms with van der Waals surface area (Å²) in [6.45, 7) is 8.04. The molecule has 0 radical (unpaired) electrons. The number of alkyl carbamates (subject to hydrolysis) is 1. The summed E-state index contributed by atoms with van der Waals surface area (Å²) >= 11 is 0. The molecule has 0 atom stereocenters. The van der Waals surface area contributed by atoms with Crippen LogP contribution in [0.5, 0.6) is 11.5 Å². The van der Waals surface area contributed by atoms with Crippen molar-refractivity contribution in [1.29, 1.82) is 0 Å². The van der Waals surface area contributed by atoms with Gasteiger partial charge in [0.25, 0.3) is 0 Å². The Balaban J connectivity index is 1.87. The molecule has 0 aromatic heterocycles. The van der Waals surface area contributed by atoms with Crippen LogP contribution in [0.4, 0.5) is 18.0 Å². The van der Waals surface area contributed by atoms with Gasteiger partial charge in [0.05, 0.1) is 6.61 Å². The number of halogens is 3. The second-order valence-corrected chi connectivity index (χ2v) is 8.33. The van der Waals surface area contributed by atoms with E-state index in [0.717, 1.165) is 25.7 Å². The van der Waals surface area contributed by atoms with Gasteiger partial charge in [-0.05, 0) is 71.6 Å². The first-order valence-corrected chi connectivity index (χ1v) is 10.2. The zero-order chi connectivity index (χ0) is 22.4. The molecule has 1 saturated carbocycles. The Morgan fingerprint density at radius 3 is 2.30 bits per heavy atom. The quantitative estimate of drug-likeness (QED) is 0.641. The molecule has 0 aliphatic heterocycles. The average molecular weight is 432 g/mol. The number of carbonyl (C=O) groups excluding carboxylic acids is 1. The van der Waals surface area contributed by atoms with Crippen molar-refractivity contribution in [3.05, 3.63) is 23.8 Å². The van der Waals surface area contributed by atoms with Crippen molar-refractivity contribution in [3.8, 4) is 11.5 Å². The minimum Gasteiger partial charge on any atom is -0.494 e. The minimum atomic E-state index is -4.74. The van der Waals surface area contributed by atoms with E-state index >= 15 is 0 Å². The summed E-state index contributed by atoms with van der Waals surface area (Å²) < 4.78 is 52.3. The van der Waals surface area contributed by atoms with E-state index in [1.165, 1.54) is 18.2 Å². The van der Waals surface area contributed by atoms with Gasteiger partial charge in [0.2, 0.25) is 0 Å². The number of alkyl halides is 3. The molecule has 1 amide bonds. The third-order valence-electron chi connectivity index (χ3n) is 4.59. The van der Waals surface area contributed by atoms with Crippen molar-refractivity contribution in [1.82, 2.24) is 10.6 Å². The Morgan fingerprint density at radius 1 is 1.10 bits per heavy atom. The number of hydrogen-bond acceptors (Lipinski definition) is 5. The van der Waals surface area contributed by atoms with Crippen molar-refractivity contribution >= 4 is 6.09 Å². The summed E-state index contributed by atoms with van der Waals surface area (Å²) in [6.07, 6.45) is -1.88. The SMILES string of the molecule is CCOc1ccc(OC(F)(F)F)cc1CNC1CCC(NC(=O)OC(C)(C)C)CC1. The maximum atomic E-state index is 12.5. The van der Waals surface area contributed by atoms with Crippen molar-refractivity contribution in [2.75, 3.05) is 6.61 Å². The fourth-order valence-corrected chi connectivity index (χ4v) is 3.36. The van der Waals surface area contributed by atoms with Crippen LogP contribution in [0.3, 0.4) is 0 Å². The molecule has 1 fully saturated rings. The van der Waals surface area contributed by atoms with E-state index in [0.29, 0.717) is 24.5 Å². The molecule has 6 nitrogen and oxygen atoms in total. The smallest absolute Gasteiger partial charge is 0.494 e. The second-order valence-electron chi connectivity index (χ2n) is 8.33. The second kappa shape index (κ2) is 10.2. The fourth-order valence-electron chi connectivity index (χ4n) is 3.36. The Labute approximate surface area is 175 Å². The van der Waals surface area contributed by atoms with E-state index in [4.69, 9.17) is 9.47 Å². The van der Waals surface area contributed by atoms with Crippen LogP contribution in [0.1, 0.15) is 58.9 Å². The third kappa shape index (κ3) is 8.69. The van der Waals surface area contributed by atoms with Crippen molar-refractivity contribution in [2.24, 2.45) is 0 Å². The lowest BCUT2D eigenvalue weighted by molar-refractivity contribution is -0.274. The molecule has 0 saturated heterocycles. The van der Waals surface area contributed by atoms with Gasteiger partial charge < -0.3 is 24.8 Å². The molecule has 2 rings (SSSR count). The number of carbonyl (C=O) groups is 1. The summed E-state index contributed by atoms with van der Waals surface area (Å²) in [4.78, 5) is 11.9.